The predicted octanol–water partition coefficient (Wildman–Crippen LogP) is 1.83. The minimum absolute atomic E-state index is 0.00275. The van der Waals surface area contributed by atoms with Crippen LogP contribution in [0.1, 0.15) is 51.9 Å². The molecule has 1 saturated heterocycles. The Kier molecular flexibility index (Phi) is 3.57. The van der Waals surface area contributed by atoms with Crippen LogP contribution in [0.5, 0.6) is 0 Å². The topological polar surface area (TPSA) is 55.5 Å². The van der Waals surface area contributed by atoms with Crippen molar-refractivity contribution in [2.24, 2.45) is 11.1 Å². The van der Waals surface area contributed by atoms with E-state index < -0.39 is 5.60 Å². The van der Waals surface area contributed by atoms with Gasteiger partial charge in [-0.1, -0.05) is 19.8 Å². The molecule has 0 bridgehead atoms. The number of hydrogen-bond acceptors (Lipinski definition) is 3. The van der Waals surface area contributed by atoms with Crippen molar-refractivity contribution in [1.82, 2.24) is 0 Å². The molecule has 16 heavy (non-hydrogen) atoms. The molecule has 3 N–H and O–H groups in total. The van der Waals surface area contributed by atoms with Crippen molar-refractivity contribution in [3.05, 3.63) is 0 Å². The van der Waals surface area contributed by atoms with Gasteiger partial charge in [-0.2, -0.15) is 0 Å². The Morgan fingerprint density at radius 3 is 2.62 bits per heavy atom. The Hall–Kier alpha value is -0.120. The minimum atomic E-state index is -0.557. The lowest BCUT2D eigenvalue weighted by molar-refractivity contribution is -0.190. The minimum Gasteiger partial charge on any atom is -0.389 e. The van der Waals surface area contributed by atoms with Gasteiger partial charge in [0.25, 0.3) is 0 Å². The monoisotopic (exact) mass is 227 g/mol. The van der Waals surface area contributed by atoms with Crippen LogP contribution in [-0.4, -0.2) is 30.0 Å². The molecule has 2 unspecified atom stereocenters. The number of nitrogens with two attached hydrogens (primary N) is 1. The van der Waals surface area contributed by atoms with E-state index in [2.05, 4.69) is 6.92 Å². The van der Waals surface area contributed by atoms with Gasteiger partial charge in [-0.05, 0) is 19.3 Å². The maximum Gasteiger partial charge on any atom is 0.0762 e. The fourth-order valence-corrected chi connectivity index (χ4v) is 3.38. The largest absolute Gasteiger partial charge is 0.389 e. The van der Waals surface area contributed by atoms with Crippen molar-refractivity contribution in [2.45, 2.75) is 63.6 Å². The van der Waals surface area contributed by atoms with Crippen molar-refractivity contribution in [2.75, 3.05) is 13.2 Å². The zero-order chi connectivity index (χ0) is 11.6. The molecule has 1 aliphatic heterocycles. The Morgan fingerprint density at radius 1 is 1.38 bits per heavy atom. The highest BCUT2D eigenvalue weighted by Gasteiger charge is 2.54. The highest BCUT2D eigenvalue weighted by atomic mass is 16.5. The van der Waals surface area contributed by atoms with Crippen LogP contribution in [0, 0.1) is 5.41 Å². The van der Waals surface area contributed by atoms with Crippen LogP contribution in [-0.2, 0) is 4.74 Å². The maximum atomic E-state index is 10.9. The summed E-state index contributed by atoms with van der Waals surface area (Å²) in [6, 6.07) is 0. The molecule has 2 atom stereocenters. The molecular weight excluding hydrogens is 202 g/mol. The third-order valence-corrected chi connectivity index (χ3v) is 4.73. The van der Waals surface area contributed by atoms with Gasteiger partial charge in [0, 0.05) is 31.4 Å². The molecule has 94 valence electrons. The Labute approximate surface area is 98.4 Å². The molecular formula is C13H25NO2. The lowest BCUT2D eigenvalue weighted by Gasteiger charge is -2.55. The molecule has 2 rings (SSSR count). The molecule has 0 spiro atoms. The summed E-state index contributed by atoms with van der Waals surface area (Å²) in [4.78, 5) is 0. The van der Waals surface area contributed by atoms with E-state index in [1.54, 1.807) is 0 Å². The van der Waals surface area contributed by atoms with Crippen LogP contribution >= 0.6 is 0 Å². The normalized spacial score (nSPS) is 38.1. The van der Waals surface area contributed by atoms with Crippen LogP contribution < -0.4 is 5.73 Å². The second-order valence-corrected chi connectivity index (χ2v) is 5.61. The van der Waals surface area contributed by atoms with E-state index in [-0.39, 0.29) is 11.5 Å². The zero-order valence-electron chi connectivity index (χ0n) is 10.4. The van der Waals surface area contributed by atoms with Crippen molar-refractivity contribution in [3.8, 4) is 0 Å². The van der Waals surface area contributed by atoms with Gasteiger partial charge in [-0.25, -0.2) is 0 Å². The highest BCUT2D eigenvalue weighted by molar-refractivity contribution is 5.06. The second kappa shape index (κ2) is 4.63. The van der Waals surface area contributed by atoms with E-state index in [0.29, 0.717) is 13.2 Å². The lowest BCUT2D eigenvalue weighted by atomic mass is 9.55. The summed E-state index contributed by atoms with van der Waals surface area (Å²) in [7, 11) is 0. The maximum absolute atomic E-state index is 10.9. The Bertz CT molecular complexity index is 233. The van der Waals surface area contributed by atoms with Gasteiger partial charge in [0.1, 0.15) is 0 Å². The molecule has 2 fully saturated rings. The highest BCUT2D eigenvalue weighted by Crippen LogP contribution is 2.53. The fraction of sp³-hybridized carbons (Fsp3) is 1.00. The van der Waals surface area contributed by atoms with Gasteiger partial charge in [0.05, 0.1) is 11.7 Å². The van der Waals surface area contributed by atoms with E-state index >= 15 is 0 Å². The SMILES string of the molecule is CCCC1CC(O)(C2(CN)CCC2)CCO1. The predicted molar refractivity (Wildman–Crippen MR) is 64.2 cm³/mol. The van der Waals surface area contributed by atoms with E-state index in [0.717, 1.165) is 38.5 Å². The van der Waals surface area contributed by atoms with Gasteiger partial charge in [0.15, 0.2) is 0 Å². The molecule has 0 aromatic heterocycles. The van der Waals surface area contributed by atoms with E-state index in [1.807, 2.05) is 0 Å². The molecule has 0 amide bonds. The fourth-order valence-electron chi connectivity index (χ4n) is 3.38. The summed E-state index contributed by atoms with van der Waals surface area (Å²) in [5.41, 5.74) is 5.35. The van der Waals surface area contributed by atoms with Crippen molar-refractivity contribution >= 4 is 0 Å². The molecule has 2 aliphatic rings. The molecule has 1 aliphatic carbocycles. The van der Waals surface area contributed by atoms with Gasteiger partial charge >= 0.3 is 0 Å². The van der Waals surface area contributed by atoms with Gasteiger partial charge in [-0.3, -0.25) is 0 Å². The summed E-state index contributed by atoms with van der Waals surface area (Å²) >= 11 is 0. The summed E-state index contributed by atoms with van der Waals surface area (Å²) < 4.78 is 5.72. The second-order valence-electron chi connectivity index (χ2n) is 5.61. The average molecular weight is 227 g/mol. The molecule has 0 radical (unpaired) electrons. The summed E-state index contributed by atoms with van der Waals surface area (Å²) in [6.45, 7) is 3.49. The van der Waals surface area contributed by atoms with Crippen LogP contribution in [0.25, 0.3) is 0 Å². The first kappa shape index (κ1) is 12.3. The summed E-state index contributed by atoms with van der Waals surface area (Å²) in [5, 5.41) is 10.9. The van der Waals surface area contributed by atoms with E-state index in [4.69, 9.17) is 10.5 Å². The first-order chi connectivity index (χ1) is 7.66. The summed E-state index contributed by atoms with van der Waals surface area (Å²) in [5.74, 6) is 0. The number of ether oxygens (including phenoxy) is 1. The van der Waals surface area contributed by atoms with Gasteiger partial charge < -0.3 is 15.6 Å². The van der Waals surface area contributed by atoms with E-state index in [1.165, 1.54) is 6.42 Å². The van der Waals surface area contributed by atoms with Crippen LogP contribution in [0.15, 0.2) is 0 Å². The first-order valence-corrected chi connectivity index (χ1v) is 6.70. The van der Waals surface area contributed by atoms with Gasteiger partial charge in [-0.15, -0.1) is 0 Å². The molecule has 3 nitrogen and oxygen atoms in total. The first-order valence-electron chi connectivity index (χ1n) is 6.70. The van der Waals surface area contributed by atoms with Crippen LogP contribution in [0.3, 0.4) is 0 Å². The zero-order valence-corrected chi connectivity index (χ0v) is 10.4. The molecule has 1 saturated carbocycles. The van der Waals surface area contributed by atoms with Crippen LogP contribution in [0.2, 0.25) is 0 Å². The Balaban J connectivity index is 2.05. The van der Waals surface area contributed by atoms with Crippen molar-refractivity contribution in [3.63, 3.8) is 0 Å². The molecule has 0 aromatic rings. The van der Waals surface area contributed by atoms with Crippen LogP contribution in [0.4, 0.5) is 0 Å². The Morgan fingerprint density at radius 2 is 2.12 bits per heavy atom. The third kappa shape index (κ3) is 1.89. The summed E-state index contributed by atoms with van der Waals surface area (Å²) in [6.07, 6.45) is 7.39. The average Bonchev–Trinajstić information content (AvgIpc) is 2.16. The van der Waals surface area contributed by atoms with Crippen molar-refractivity contribution in [1.29, 1.82) is 0 Å². The van der Waals surface area contributed by atoms with E-state index in [9.17, 15) is 5.11 Å². The molecule has 3 heteroatoms. The van der Waals surface area contributed by atoms with Gasteiger partial charge in [0.2, 0.25) is 0 Å². The smallest absolute Gasteiger partial charge is 0.0762 e. The number of aliphatic hydroxyl groups is 1. The van der Waals surface area contributed by atoms with Crippen molar-refractivity contribution < 1.29 is 9.84 Å². The standard InChI is InChI=1S/C13H25NO2/c1-2-4-11-9-13(15,7-8-16-11)12(10-14)5-3-6-12/h11,15H,2-10,14H2,1H3. The molecule has 1 heterocycles. The third-order valence-electron chi connectivity index (χ3n) is 4.73. The number of rotatable bonds is 4. The number of hydrogen-bond donors (Lipinski definition) is 2. The lowest BCUT2D eigenvalue weighted by Crippen LogP contribution is -2.60. The molecule has 0 aromatic carbocycles. The quantitative estimate of drug-likeness (QED) is 0.770.